The van der Waals surface area contributed by atoms with Crippen molar-refractivity contribution >= 4 is 23.4 Å². The van der Waals surface area contributed by atoms with E-state index in [-0.39, 0.29) is 0 Å². The third-order valence-electron chi connectivity index (χ3n) is 3.15. The predicted octanol–water partition coefficient (Wildman–Crippen LogP) is 3.07. The molecule has 8 heteroatoms. The van der Waals surface area contributed by atoms with Gasteiger partial charge in [0.15, 0.2) is 0 Å². The van der Waals surface area contributed by atoms with Gasteiger partial charge < -0.3 is 4.74 Å². The Kier molecular flexibility index (Phi) is 5.09. The lowest BCUT2D eigenvalue weighted by atomic mass is 10.2. The second-order valence-corrected chi connectivity index (χ2v) is 6.07. The first-order chi connectivity index (χ1) is 11.2. The number of hydrogen-bond donors (Lipinski definition) is 0. The van der Waals surface area contributed by atoms with Crippen LogP contribution in [0.25, 0.3) is 0 Å². The Balaban J connectivity index is 1.65. The molecule has 0 saturated heterocycles. The van der Waals surface area contributed by atoms with Gasteiger partial charge in [-0.25, -0.2) is 9.67 Å². The van der Waals surface area contributed by atoms with Gasteiger partial charge in [-0.3, -0.25) is 0 Å². The number of halogens is 1. The lowest BCUT2D eigenvalue weighted by Gasteiger charge is -2.06. The fourth-order valence-corrected chi connectivity index (χ4v) is 2.87. The summed E-state index contributed by atoms with van der Waals surface area (Å²) in [5.74, 6) is 1.56. The van der Waals surface area contributed by atoms with Gasteiger partial charge >= 0.3 is 0 Å². The summed E-state index contributed by atoms with van der Waals surface area (Å²) in [4.78, 5) is 4.07. The summed E-state index contributed by atoms with van der Waals surface area (Å²) in [5.41, 5.74) is 2.17. The zero-order valence-corrected chi connectivity index (χ0v) is 14.0. The predicted molar refractivity (Wildman–Crippen MR) is 88.7 cm³/mol. The number of thioether (sulfide) groups is 1. The maximum atomic E-state index is 5.79. The quantitative estimate of drug-likeness (QED) is 0.504. The molecule has 0 radical (unpaired) electrons. The van der Waals surface area contributed by atoms with Crippen LogP contribution in [0.1, 0.15) is 11.1 Å². The Morgan fingerprint density at radius 2 is 1.91 bits per heavy atom. The van der Waals surface area contributed by atoms with E-state index in [4.69, 9.17) is 16.3 Å². The van der Waals surface area contributed by atoms with E-state index in [0.717, 1.165) is 27.8 Å². The highest BCUT2D eigenvalue weighted by Gasteiger charge is 2.08. The van der Waals surface area contributed by atoms with Crippen molar-refractivity contribution in [2.45, 2.75) is 17.5 Å². The molecule has 3 rings (SSSR count). The van der Waals surface area contributed by atoms with Crippen LogP contribution in [0.5, 0.6) is 5.75 Å². The topological polar surface area (TPSA) is 65.7 Å². The third-order valence-corrected chi connectivity index (χ3v) is 4.40. The molecule has 0 unspecified atom stereocenters. The molecule has 0 aliphatic heterocycles. The van der Waals surface area contributed by atoms with Gasteiger partial charge in [0, 0.05) is 11.9 Å². The standard InChI is InChI=1S/C15H14ClN5OS/c1-22-13-5-2-11(3-6-13)9-21-15(18-19-20-21)23-10-12-4-7-14(16)17-8-12/h2-8H,9-10H2,1H3. The van der Waals surface area contributed by atoms with Gasteiger partial charge in [-0.1, -0.05) is 41.6 Å². The molecular formula is C15H14ClN5OS. The minimum atomic E-state index is 0.489. The van der Waals surface area contributed by atoms with E-state index in [0.29, 0.717) is 11.7 Å². The van der Waals surface area contributed by atoms with Crippen LogP contribution in [-0.2, 0) is 12.3 Å². The number of benzene rings is 1. The molecule has 6 nitrogen and oxygen atoms in total. The Hall–Kier alpha value is -2.12. The number of rotatable bonds is 6. The summed E-state index contributed by atoms with van der Waals surface area (Å²) in [6, 6.07) is 11.6. The Morgan fingerprint density at radius 3 is 2.61 bits per heavy atom. The first-order valence-corrected chi connectivity index (χ1v) is 8.23. The molecule has 0 spiro atoms. The van der Waals surface area contributed by atoms with Crippen LogP contribution < -0.4 is 4.74 Å². The molecule has 0 fully saturated rings. The maximum absolute atomic E-state index is 5.79. The van der Waals surface area contributed by atoms with Crippen LogP contribution >= 0.6 is 23.4 Å². The SMILES string of the molecule is COc1ccc(Cn2nnnc2SCc2ccc(Cl)nc2)cc1. The summed E-state index contributed by atoms with van der Waals surface area (Å²) in [6.45, 7) is 0.609. The first-order valence-electron chi connectivity index (χ1n) is 6.87. The fourth-order valence-electron chi connectivity index (χ4n) is 1.94. The van der Waals surface area contributed by atoms with Gasteiger partial charge in [0.05, 0.1) is 13.7 Å². The molecule has 0 atom stereocenters. The van der Waals surface area contributed by atoms with Gasteiger partial charge in [-0.2, -0.15) is 0 Å². The van der Waals surface area contributed by atoms with Crippen molar-refractivity contribution in [2.24, 2.45) is 0 Å². The summed E-state index contributed by atoms with van der Waals surface area (Å²) in [5, 5.41) is 13.1. The number of ether oxygens (including phenoxy) is 1. The van der Waals surface area contributed by atoms with Crippen molar-refractivity contribution in [1.29, 1.82) is 0 Å². The second kappa shape index (κ2) is 7.43. The number of pyridine rings is 1. The van der Waals surface area contributed by atoms with Crippen LogP contribution in [0.2, 0.25) is 5.15 Å². The second-order valence-electron chi connectivity index (χ2n) is 4.75. The monoisotopic (exact) mass is 347 g/mol. The zero-order chi connectivity index (χ0) is 16.1. The van der Waals surface area contributed by atoms with Crippen molar-refractivity contribution in [3.63, 3.8) is 0 Å². The van der Waals surface area contributed by atoms with Crippen molar-refractivity contribution in [2.75, 3.05) is 7.11 Å². The average molecular weight is 348 g/mol. The van der Waals surface area contributed by atoms with E-state index in [9.17, 15) is 0 Å². The Bertz CT molecular complexity index is 760. The number of methoxy groups -OCH3 is 1. The summed E-state index contributed by atoms with van der Waals surface area (Å²) < 4.78 is 6.93. The summed E-state index contributed by atoms with van der Waals surface area (Å²) >= 11 is 7.34. The first kappa shape index (κ1) is 15.8. The fraction of sp³-hybridized carbons (Fsp3) is 0.200. The molecule has 0 bridgehead atoms. The molecule has 3 aromatic rings. The van der Waals surface area contributed by atoms with Crippen molar-refractivity contribution in [3.8, 4) is 5.75 Å². The highest BCUT2D eigenvalue weighted by atomic mass is 35.5. The zero-order valence-electron chi connectivity index (χ0n) is 12.4. The number of aromatic nitrogens is 5. The summed E-state index contributed by atoms with van der Waals surface area (Å²) in [7, 11) is 1.65. The van der Waals surface area contributed by atoms with Gasteiger partial charge in [-0.05, 0) is 39.8 Å². The number of hydrogen-bond acceptors (Lipinski definition) is 6. The van der Waals surface area contributed by atoms with Crippen LogP contribution in [0, 0.1) is 0 Å². The molecule has 0 amide bonds. The van der Waals surface area contributed by atoms with Crippen molar-refractivity contribution in [3.05, 3.63) is 58.9 Å². The minimum absolute atomic E-state index is 0.489. The Labute approximate surface area is 142 Å². The van der Waals surface area contributed by atoms with Crippen LogP contribution in [0.4, 0.5) is 0 Å². The van der Waals surface area contributed by atoms with E-state index < -0.39 is 0 Å². The lowest BCUT2D eigenvalue weighted by Crippen LogP contribution is -2.04. The normalized spacial score (nSPS) is 10.7. The maximum Gasteiger partial charge on any atom is 0.209 e. The van der Waals surface area contributed by atoms with Crippen LogP contribution in [0.15, 0.2) is 47.8 Å². The van der Waals surface area contributed by atoms with Gasteiger partial charge in [0.2, 0.25) is 5.16 Å². The molecule has 2 aromatic heterocycles. The minimum Gasteiger partial charge on any atom is -0.497 e. The molecule has 23 heavy (non-hydrogen) atoms. The van der Waals surface area contributed by atoms with Crippen molar-refractivity contribution < 1.29 is 4.74 Å². The smallest absolute Gasteiger partial charge is 0.209 e. The highest BCUT2D eigenvalue weighted by Crippen LogP contribution is 2.21. The molecule has 0 saturated carbocycles. The largest absolute Gasteiger partial charge is 0.497 e. The highest BCUT2D eigenvalue weighted by molar-refractivity contribution is 7.98. The third kappa shape index (κ3) is 4.20. The molecule has 1 aromatic carbocycles. The Morgan fingerprint density at radius 1 is 1.13 bits per heavy atom. The van der Waals surface area contributed by atoms with E-state index in [1.54, 1.807) is 35.8 Å². The molecule has 0 aliphatic carbocycles. The molecule has 2 heterocycles. The van der Waals surface area contributed by atoms with Gasteiger partial charge in [-0.15, -0.1) is 5.10 Å². The van der Waals surface area contributed by atoms with E-state index in [1.165, 1.54) is 0 Å². The van der Waals surface area contributed by atoms with Gasteiger partial charge in [0.1, 0.15) is 10.9 Å². The molecular weight excluding hydrogens is 334 g/mol. The number of tetrazole rings is 1. The molecule has 118 valence electrons. The molecule has 0 N–H and O–H groups in total. The number of nitrogens with zero attached hydrogens (tertiary/aromatic N) is 5. The van der Waals surface area contributed by atoms with Crippen LogP contribution in [0.3, 0.4) is 0 Å². The molecule has 0 aliphatic rings. The van der Waals surface area contributed by atoms with Crippen molar-refractivity contribution in [1.82, 2.24) is 25.2 Å². The van der Waals surface area contributed by atoms with E-state index in [2.05, 4.69) is 20.5 Å². The van der Waals surface area contributed by atoms with E-state index in [1.807, 2.05) is 30.3 Å². The lowest BCUT2D eigenvalue weighted by molar-refractivity contribution is 0.414. The average Bonchev–Trinajstić information content (AvgIpc) is 3.02. The van der Waals surface area contributed by atoms with E-state index >= 15 is 0 Å². The van der Waals surface area contributed by atoms with Gasteiger partial charge in [0.25, 0.3) is 0 Å². The van der Waals surface area contributed by atoms with Crippen LogP contribution in [-0.4, -0.2) is 32.3 Å². The summed E-state index contributed by atoms with van der Waals surface area (Å²) in [6.07, 6.45) is 1.76.